The van der Waals surface area contributed by atoms with Crippen molar-refractivity contribution < 1.29 is 14.3 Å². The van der Waals surface area contributed by atoms with Gasteiger partial charge in [0.1, 0.15) is 5.00 Å². The number of methoxy groups -OCH3 is 1. The fraction of sp³-hybridized carbons (Fsp3) is 0.143. The number of carbonyl (C=O) groups is 2. The van der Waals surface area contributed by atoms with Crippen LogP contribution >= 0.6 is 22.9 Å². The second kappa shape index (κ2) is 6.60. The maximum atomic E-state index is 11.9. The molecule has 0 saturated carbocycles. The van der Waals surface area contributed by atoms with Gasteiger partial charge in [0.2, 0.25) is 0 Å². The highest BCUT2D eigenvalue weighted by Crippen LogP contribution is 2.28. The second-order valence-electron chi connectivity index (χ2n) is 4.18. The van der Waals surface area contributed by atoms with Crippen molar-refractivity contribution in [2.24, 2.45) is 0 Å². The molecule has 0 atom stereocenters. The van der Waals surface area contributed by atoms with E-state index in [0.29, 0.717) is 21.3 Å². The van der Waals surface area contributed by atoms with Crippen LogP contribution < -0.4 is 10.6 Å². The van der Waals surface area contributed by atoms with E-state index in [1.54, 1.807) is 30.3 Å². The van der Waals surface area contributed by atoms with E-state index in [1.807, 2.05) is 6.92 Å². The van der Waals surface area contributed by atoms with Gasteiger partial charge in [0, 0.05) is 15.6 Å². The van der Waals surface area contributed by atoms with Crippen molar-refractivity contribution in [3.63, 3.8) is 0 Å². The van der Waals surface area contributed by atoms with Crippen LogP contribution in [0.4, 0.5) is 15.5 Å². The third kappa shape index (κ3) is 3.96. The van der Waals surface area contributed by atoms with Crippen molar-refractivity contribution >= 4 is 45.6 Å². The molecule has 0 bridgehead atoms. The van der Waals surface area contributed by atoms with E-state index in [4.69, 9.17) is 11.6 Å². The van der Waals surface area contributed by atoms with Crippen LogP contribution in [0, 0.1) is 6.92 Å². The van der Waals surface area contributed by atoms with Crippen molar-refractivity contribution in [2.75, 3.05) is 17.7 Å². The molecule has 110 valence electrons. The minimum atomic E-state index is -0.485. The summed E-state index contributed by atoms with van der Waals surface area (Å²) in [4.78, 5) is 24.5. The molecule has 0 spiro atoms. The maximum Gasteiger partial charge on any atom is 0.340 e. The fourth-order valence-corrected chi connectivity index (χ4v) is 2.69. The van der Waals surface area contributed by atoms with Crippen LogP contribution in [0.5, 0.6) is 0 Å². The van der Waals surface area contributed by atoms with Gasteiger partial charge in [-0.3, -0.25) is 5.32 Å². The van der Waals surface area contributed by atoms with Gasteiger partial charge >= 0.3 is 12.0 Å². The number of nitrogens with one attached hydrogen (secondary N) is 2. The first-order valence-corrected chi connectivity index (χ1v) is 7.21. The number of hydrogen-bond donors (Lipinski definition) is 2. The molecule has 7 heteroatoms. The molecule has 1 aromatic heterocycles. The molecular formula is C14H13ClN2O3S. The summed E-state index contributed by atoms with van der Waals surface area (Å²) in [6.07, 6.45) is 0. The molecule has 21 heavy (non-hydrogen) atoms. The first kappa shape index (κ1) is 15.3. The van der Waals surface area contributed by atoms with E-state index >= 15 is 0 Å². The molecule has 0 fully saturated rings. The standard InChI is InChI=1S/C14H13ClN2O3S/c1-8-7-11(13(18)20-2)12(21-8)17-14(19)16-10-5-3-9(15)4-6-10/h3-7H,1-2H3,(H2,16,17,19). The van der Waals surface area contributed by atoms with E-state index in [1.165, 1.54) is 18.4 Å². The van der Waals surface area contributed by atoms with Gasteiger partial charge in [0.05, 0.1) is 12.7 Å². The Bertz CT molecular complexity index is 667. The molecule has 5 nitrogen and oxygen atoms in total. The van der Waals surface area contributed by atoms with E-state index in [2.05, 4.69) is 15.4 Å². The van der Waals surface area contributed by atoms with Crippen molar-refractivity contribution in [3.8, 4) is 0 Å². The molecule has 2 amide bonds. The monoisotopic (exact) mass is 324 g/mol. The SMILES string of the molecule is COC(=O)c1cc(C)sc1NC(=O)Nc1ccc(Cl)cc1. The summed E-state index contributed by atoms with van der Waals surface area (Å²) in [7, 11) is 1.30. The number of benzene rings is 1. The average Bonchev–Trinajstić information content (AvgIpc) is 2.81. The Balaban J connectivity index is 2.09. The van der Waals surface area contributed by atoms with Gasteiger partial charge < -0.3 is 10.1 Å². The maximum absolute atomic E-state index is 11.9. The number of amides is 2. The van der Waals surface area contributed by atoms with Crippen molar-refractivity contribution in [2.45, 2.75) is 6.92 Å². The molecule has 2 aromatic rings. The third-order valence-corrected chi connectivity index (χ3v) is 3.81. The van der Waals surface area contributed by atoms with Gasteiger partial charge in [0.15, 0.2) is 0 Å². The highest BCUT2D eigenvalue weighted by Gasteiger charge is 2.17. The number of ether oxygens (including phenoxy) is 1. The number of aryl methyl sites for hydroxylation is 1. The number of urea groups is 1. The Hall–Kier alpha value is -2.05. The second-order valence-corrected chi connectivity index (χ2v) is 5.87. The van der Waals surface area contributed by atoms with Gasteiger partial charge in [0.25, 0.3) is 0 Å². The molecule has 0 unspecified atom stereocenters. The predicted molar refractivity (Wildman–Crippen MR) is 84.5 cm³/mol. The normalized spacial score (nSPS) is 10.0. The molecule has 0 aliphatic rings. The number of anilines is 2. The first-order chi connectivity index (χ1) is 9.99. The summed E-state index contributed by atoms with van der Waals surface area (Å²) in [5.41, 5.74) is 0.941. The average molecular weight is 325 g/mol. The molecule has 2 rings (SSSR count). The lowest BCUT2D eigenvalue weighted by molar-refractivity contribution is 0.0602. The van der Waals surface area contributed by atoms with Gasteiger partial charge in [-0.15, -0.1) is 11.3 Å². The van der Waals surface area contributed by atoms with Crippen LogP contribution in [0.15, 0.2) is 30.3 Å². The molecule has 1 aromatic carbocycles. The van der Waals surface area contributed by atoms with E-state index < -0.39 is 12.0 Å². The van der Waals surface area contributed by atoms with Crippen LogP contribution in [0.2, 0.25) is 5.02 Å². The van der Waals surface area contributed by atoms with Crippen molar-refractivity contribution in [1.29, 1.82) is 0 Å². The summed E-state index contributed by atoms with van der Waals surface area (Å²) in [5, 5.41) is 6.34. The third-order valence-electron chi connectivity index (χ3n) is 2.59. The van der Waals surface area contributed by atoms with Gasteiger partial charge in [-0.2, -0.15) is 0 Å². The quantitative estimate of drug-likeness (QED) is 0.834. The molecule has 2 N–H and O–H groups in total. The Morgan fingerprint density at radius 2 is 1.86 bits per heavy atom. The number of esters is 1. The smallest absolute Gasteiger partial charge is 0.340 e. The molecule has 0 aliphatic heterocycles. The Morgan fingerprint density at radius 1 is 1.19 bits per heavy atom. The number of hydrogen-bond acceptors (Lipinski definition) is 4. The van der Waals surface area contributed by atoms with Crippen LogP contribution in [0.25, 0.3) is 0 Å². The lowest BCUT2D eigenvalue weighted by Crippen LogP contribution is -2.20. The largest absolute Gasteiger partial charge is 0.465 e. The van der Waals surface area contributed by atoms with Gasteiger partial charge in [-0.1, -0.05) is 11.6 Å². The Morgan fingerprint density at radius 3 is 2.48 bits per heavy atom. The van der Waals surface area contributed by atoms with Crippen LogP contribution in [0.3, 0.4) is 0 Å². The van der Waals surface area contributed by atoms with Crippen LogP contribution in [0.1, 0.15) is 15.2 Å². The number of halogens is 1. The lowest BCUT2D eigenvalue weighted by atomic mass is 10.3. The van der Waals surface area contributed by atoms with E-state index in [0.717, 1.165) is 4.88 Å². The van der Waals surface area contributed by atoms with Crippen molar-refractivity contribution in [3.05, 3.63) is 45.8 Å². The minimum absolute atomic E-state index is 0.339. The zero-order chi connectivity index (χ0) is 15.4. The van der Waals surface area contributed by atoms with Crippen LogP contribution in [-0.4, -0.2) is 19.1 Å². The number of carbonyl (C=O) groups excluding carboxylic acids is 2. The fourth-order valence-electron chi connectivity index (χ4n) is 1.67. The van der Waals surface area contributed by atoms with Crippen molar-refractivity contribution in [1.82, 2.24) is 0 Å². The zero-order valence-electron chi connectivity index (χ0n) is 11.4. The lowest BCUT2D eigenvalue weighted by Gasteiger charge is -2.07. The van der Waals surface area contributed by atoms with E-state index in [9.17, 15) is 9.59 Å². The Kier molecular flexibility index (Phi) is 4.82. The zero-order valence-corrected chi connectivity index (χ0v) is 13.0. The molecule has 0 radical (unpaired) electrons. The summed E-state index contributed by atoms with van der Waals surface area (Å²) in [5.74, 6) is -0.485. The van der Waals surface area contributed by atoms with Gasteiger partial charge in [-0.05, 0) is 37.3 Å². The Labute approximate surface area is 130 Å². The number of rotatable bonds is 3. The minimum Gasteiger partial charge on any atom is -0.465 e. The highest BCUT2D eigenvalue weighted by molar-refractivity contribution is 7.16. The van der Waals surface area contributed by atoms with Gasteiger partial charge in [-0.25, -0.2) is 9.59 Å². The number of thiophene rings is 1. The van der Waals surface area contributed by atoms with E-state index in [-0.39, 0.29) is 0 Å². The highest BCUT2D eigenvalue weighted by atomic mass is 35.5. The predicted octanol–water partition coefficient (Wildman–Crippen LogP) is 4.14. The molecule has 1 heterocycles. The summed E-state index contributed by atoms with van der Waals surface area (Å²) >= 11 is 7.08. The summed E-state index contributed by atoms with van der Waals surface area (Å²) in [6, 6.07) is 7.95. The summed E-state index contributed by atoms with van der Waals surface area (Å²) in [6.45, 7) is 1.85. The molecular weight excluding hydrogens is 312 g/mol. The molecule has 0 saturated heterocycles. The van der Waals surface area contributed by atoms with Crippen LogP contribution in [-0.2, 0) is 4.74 Å². The summed E-state index contributed by atoms with van der Waals surface area (Å²) < 4.78 is 4.68. The molecule has 0 aliphatic carbocycles. The first-order valence-electron chi connectivity index (χ1n) is 6.02. The topological polar surface area (TPSA) is 67.4 Å².